The minimum absolute atomic E-state index is 0.0833. The lowest BCUT2D eigenvalue weighted by molar-refractivity contribution is 0.0681. The largest absolute Gasteiger partial charge is 0.478 e. The molecule has 6 heteroatoms. The van der Waals surface area contributed by atoms with Crippen molar-refractivity contribution in [2.75, 3.05) is 0 Å². The minimum atomic E-state index is -1.06. The van der Waals surface area contributed by atoms with Crippen LogP contribution in [-0.2, 0) is 0 Å². The van der Waals surface area contributed by atoms with Gasteiger partial charge in [0.15, 0.2) is 0 Å². The average Bonchev–Trinajstić information content (AvgIpc) is 2.69. The molecular formula is C20H16N2O4. The number of nitrogens with zero attached hydrogens (tertiary/aromatic N) is 2. The maximum Gasteiger partial charge on any atom is 0.335 e. The summed E-state index contributed by atoms with van der Waals surface area (Å²) in [5.41, 5.74) is 2.75. The lowest BCUT2D eigenvalue weighted by atomic mass is 10.1. The van der Waals surface area contributed by atoms with Gasteiger partial charge in [0.25, 0.3) is 0 Å². The van der Waals surface area contributed by atoms with Gasteiger partial charge >= 0.3 is 11.9 Å². The van der Waals surface area contributed by atoms with Gasteiger partial charge in [-0.2, -0.15) is 0 Å². The summed E-state index contributed by atoms with van der Waals surface area (Å²) in [5.74, 6) is -2.13. The highest BCUT2D eigenvalue weighted by atomic mass is 16.4. The number of carbonyl (C=O) groups is 2. The molecule has 0 aliphatic heterocycles. The van der Waals surface area contributed by atoms with Crippen LogP contribution in [0.15, 0.2) is 79.6 Å². The van der Waals surface area contributed by atoms with Crippen molar-refractivity contribution in [1.82, 2.24) is 9.97 Å². The van der Waals surface area contributed by atoms with Gasteiger partial charge in [0.2, 0.25) is 0 Å². The quantitative estimate of drug-likeness (QED) is 0.747. The van der Waals surface area contributed by atoms with Crippen LogP contribution in [0.4, 0.5) is 0 Å². The van der Waals surface area contributed by atoms with Gasteiger partial charge in [0.1, 0.15) is 0 Å². The number of aromatic nitrogens is 2. The number of hydrogen-bond acceptors (Lipinski definition) is 4. The van der Waals surface area contributed by atoms with E-state index in [4.69, 9.17) is 10.2 Å². The highest BCUT2D eigenvalue weighted by Gasteiger charge is 2.05. The van der Waals surface area contributed by atoms with Crippen LogP contribution in [0.3, 0.4) is 0 Å². The van der Waals surface area contributed by atoms with Gasteiger partial charge in [0, 0.05) is 18.0 Å². The zero-order chi connectivity index (χ0) is 18.9. The van der Waals surface area contributed by atoms with E-state index in [0.29, 0.717) is 0 Å². The molecule has 0 saturated heterocycles. The molecule has 6 nitrogen and oxygen atoms in total. The fraction of sp³-hybridized carbons (Fsp3) is 0. The molecule has 0 spiro atoms. The maximum absolute atomic E-state index is 10.3. The average molecular weight is 348 g/mol. The summed E-state index contributed by atoms with van der Waals surface area (Å²) < 4.78 is 0. The first kappa shape index (κ1) is 18.5. The summed E-state index contributed by atoms with van der Waals surface area (Å²) in [6, 6.07) is 16.5. The number of rotatable bonds is 4. The SMILES string of the molecule is C=C(c1ccccn1)c1ccccn1.O=C(O)c1ccc(C(=O)O)cc1. The minimum Gasteiger partial charge on any atom is -0.478 e. The Labute approximate surface area is 150 Å². The molecule has 3 aromatic rings. The lowest BCUT2D eigenvalue weighted by Crippen LogP contribution is -1.99. The standard InChI is InChI=1S/C12H10N2.C8H6O4/c1-10(11-6-2-4-8-13-11)12-7-3-5-9-14-12;9-7(10)5-1-2-6(4-3-5)8(11)12/h2-9H,1H2;1-4H,(H,9,10)(H,11,12). The predicted molar refractivity (Wildman–Crippen MR) is 97.0 cm³/mol. The fourth-order valence-corrected chi connectivity index (χ4v) is 1.97. The topological polar surface area (TPSA) is 100 Å². The van der Waals surface area contributed by atoms with Crippen LogP contribution in [0.25, 0.3) is 5.57 Å². The summed E-state index contributed by atoms with van der Waals surface area (Å²) >= 11 is 0. The van der Waals surface area contributed by atoms with Crippen molar-refractivity contribution in [1.29, 1.82) is 0 Å². The van der Waals surface area contributed by atoms with Crippen molar-refractivity contribution in [3.05, 3.63) is 102 Å². The first-order valence-electron chi connectivity index (χ1n) is 7.57. The Morgan fingerprint density at radius 2 is 1.08 bits per heavy atom. The van der Waals surface area contributed by atoms with Crippen LogP contribution >= 0.6 is 0 Å². The van der Waals surface area contributed by atoms with Crippen molar-refractivity contribution in [2.24, 2.45) is 0 Å². The molecule has 2 heterocycles. The monoisotopic (exact) mass is 348 g/mol. The van der Waals surface area contributed by atoms with Gasteiger partial charge in [-0.3, -0.25) is 9.97 Å². The fourth-order valence-electron chi connectivity index (χ4n) is 1.97. The second-order valence-corrected chi connectivity index (χ2v) is 5.10. The Hall–Kier alpha value is -3.80. The van der Waals surface area contributed by atoms with E-state index < -0.39 is 11.9 Å². The van der Waals surface area contributed by atoms with Crippen LogP contribution in [0.2, 0.25) is 0 Å². The zero-order valence-corrected chi connectivity index (χ0v) is 13.7. The molecule has 1 aromatic carbocycles. The number of carboxylic acids is 2. The van der Waals surface area contributed by atoms with Crippen LogP contribution in [0.5, 0.6) is 0 Å². The summed E-state index contributed by atoms with van der Waals surface area (Å²) in [5, 5.41) is 16.9. The summed E-state index contributed by atoms with van der Waals surface area (Å²) in [7, 11) is 0. The maximum atomic E-state index is 10.3. The molecule has 0 saturated carbocycles. The highest BCUT2D eigenvalue weighted by Crippen LogP contribution is 2.16. The Morgan fingerprint density at radius 1 is 0.692 bits per heavy atom. The van der Waals surface area contributed by atoms with E-state index >= 15 is 0 Å². The smallest absolute Gasteiger partial charge is 0.335 e. The molecule has 0 bridgehead atoms. The molecule has 3 rings (SSSR count). The van der Waals surface area contributed by atoms with Gasteiger partial charge in [-0.15, -0.1) is 0 Å². The number of benzene rings is 1. The second kappa shape index (κ2) is 8.89. The second-order valence-electron chi connectivity index (χ2n) is 5.10. The Morgan fingerprint density at radius 3 is 1.35 bits per heavy atom. The molecule has 0 fully saturated rings. The number of aromatic carboxylic acids is 2. The summed E-state index contributed by atoms with van der Waals surface area (Å²) in [6.07, 6.45) is 3.51. The molecule has 0 atom stereocenters. The normalized spacial score (nSPS) is 9.54. The third-order valence-electron chi connectivity index (χ3n) is 3.33. The summed E-state index contributed by atoms with van der Waals surface area (Å²) in [4.78, 5) is 29.1. The van der Waals surface area contributed by atoms with Crippen molar-refractivity contribution < 1.29 is 19.8 Å². The van der Waals surface area contributed by atoms with E-state index in [1.165, 1.54) is 24.3 Å². The summed E-state index contributed by atoms with van der Waals surface area (Å²) in [6.45, 7) is 3.97. The third-order valence-corrected chi connectivity index (χ3v) is 3.33. The Kier molecular flexibility index (Phi) is 6.34. The molecule has 0 amide bonds. The van der Waals surface area contributed by atoms with Gasteiger partial charge in [-0.1, -0.05) is 18.7 Å². The van der Waals surface area contributed by atoms with Crippen LogP contribution in [0, 0.1) is 0 Å². The van der Waals surface area contributed by atoms with Gasteiger partial charge in [-0.05, 0) is 48.5 Å². The Bertz CT molecular complexity index is 818. The van der Waals surface area contributed by atoms with E-state index in [0.717, 1.165) is 17.0 Å². The van der Waals surface area contributed by atoms with Gasteiger partial charge < -0.3 is 10.2 Å². The van der Waals surface area contributed by atoms with E-state index in [-0.39, 0.29) is 11.1 Å². The first-order valence-corrected chi connectivity index (χ1v) is 7.57. The molecule has 0 aliphatic rings. The van der Waals surface area contributed by atoms with Crippen LogP contribution < -0.4 is 0 Å². The van der Waals surface area contributed by atoms with Crippen molar-refractivity contribution in [2.45, 2.75) is 0 Å². The van der Waals surface area contributed by atoms with Crippen molar-refractivity contribution in [3.8, 4) is 0 Å². The third kappa shape index (κ3) is 5.10. The van der Waals surface area contributed by atoms with Crippen LogP contribution in [0.1, 0.15) is 32.1 Å². The van der Waals surface area contributed by atoms with E-state index in [9.17, 15) is 9.59 Å². The van der Waals surface area contributed by atoms with Gasteiger partial charge in [0.05, 0.1) is 22.5 Å². The molecule has 0 unspecified atom stereocenters. The number of hydrogen-bond donors (Lipinski definition) is 2. The molecule has 2 N–H and O–H groups in total. The first-order chi connectivity index (χ1) is 12.5. The number of carboxylic acid groups (broad SMARTS) is 2. The molecule has 26 heavy (non-hydrogen) atoms. The Balaban J connectivity index is 0.000000190. The van der Waals surface area contributed by atoms with Crippen molar-refractivity contribution >= 4 is 17.5 Å². The van der Waals surface area contributed by atoms with E-state index in [1.807, 2.05) is 36.4 Å². The van der Waals surface area contributed by atoms with Gasteiger partial charge in [-0.25, -0.2) is 9.59 Å². The number of pyridine rings is 2. The zero-order valence-electron chi connectivity index (χ0n) is 13.7. The van der Waals surface area contributed by atoms with Crippen LogP contribution in [-0.4, -0.2) is 32.1 Å². The molecule has 2 aromatic heterocycles. The lowest BCUT2D eigenvalue weighted by Gasteiger charge is -2.02. The molecule has 0 radical (unpaired) electrons. The van der Waals surface area contributed by atoms with E-state index in [1.54, 1.807) is 12.4 Å². The highest BCUT2D eigenvalue weighted by molar-refractivity contribution is 5.91. The molecule has 0 aliphatic carbocycles. The molecular weight excluding hydrogens is 332 g/mol. The van der Waals surface area contributed by atoms with Crippen molar-refractivity contribution in [3.63, 3.8) is 0 Å². The van der Waals surface area contributed by atoms with E-state index in [2.05, 4.69) is 16.5 Å². The predicted octanol–water partition coefficient (Wildman–Crippen LogP) is 3.62. The molecule has 130 valence electrons.